The number of aromatic nitrogens is 6. The van der Waals surface area contributed by atoms with E-state index in [0.29, 0.717) is 0 Å². The number of nitrogens with zero attached hydrogens (tertiary/aromatic N) is 5. The molecular formula is C15H18ClN9O11. The lowest BCUT2D eigenvalue weighted by Gasteiger charge is -2.17. The summed E-state index contributed by atoms with van der Waals surface area (Å²) >= 11 is 0. The summed E-state index contributed by atoms with van der Waals surface area (Å²) in [7, 11) is -4.94. The molecular weight excluding hydrogens is 518 g/mol. The van der Waals surface area contributed by atoms with Gasteiger partial charge >= 0.3 is 23.7 Å². The monoisotopic (exact) mass is 535 g/mol. The van der Waals surface area contributed by atoms with Crippen molar-refractivity contribution in [1.82, 2.24) is 24.9 Å². The fourth-order valence-corrected chi connectivity index (χ4v) is 1.57. The Morgan fingerprint density at radius 3 is 1.19 bits per heavy atom. The Balaban J connectivity index is 0. The number of carbonyl (C=O) groups is 3. The van der Waals surface area contributed by atoms with Crippen molar-refractivity contribution in [2.45, 2.75) is 0 Å². The highest BCUT2D eigenvalue weighted by molar-refractivity contribution is 5.90. The molecule has 0 unspecified atom stereocenters. The first-order valence-electron chi connectivity index (χ1n) is 8.21. The van der Waals surface area contributed by atoms with E-state index in [4.69, 9.17) is 51.2 Å². The van der Waals surface area contributed by atoms with Gasteiger partial charge in [-0.05, 0) is 0 Å². The Morgan fingerprint density at radius 1 is 0.667 bits per heavy atom. The second-order valence-corrected chi connectivity index (χ2v) is 5.98. The molecule has 0 aliphatic rings. The van der Waals surface area contributed by atoms with Gasteiger partial charge in [0.25, 0.3) is 0 Å². The average Bonchev–Trinajstić information content (AvgIpc) is 2.74. The van der Waals surface area contributed by atoms with Crippen LogP contribution in [-0.4, -0.2) is 63.6 Å². The van der Waals surface area contributed by atoms with E-state index in [9.17, 15) is 14.4 Å². The number of nitrogens with two attached hydrogens (primary N) is 3. The summed E-state index contributed by atoms with van der Waals surface area (Å²) < 4.78 is 34.0. The Morgan fingerprint density at radius 2 is 0.972 bits per heavy atom. The topological polar surface area (TPSA) is 392 Å². The van der Waals surface area contributed by atoms with Crippen molar-refractivity contribution in [2.24, 2.45) is 0 Å². The van der Waals surface area contributed by atoms with Crippen LogP contribution in [0.1, 0.15) is 31.5 Å². The van der Waals surface area contributed by atoms with Gasteiger partial charge in [0.05, 0.1) is 6.20 Å². The zero-order valence-electron chi connectivity index (χ0n) is 17.5. The molecule has 36 heavy (non-hydrogen) atoms. The molecule has 0 aromatic carbocycles. The number of hydrogen-bond donors (Lipinski definition) is 6. The number of aromatic amines is 1. The van der Waals surface area contributed by atoms with Crippen LogP contribution >= 0.6 is 0 Å². The summed E-state index contributed by atoms with van der Waals surface area (Å²) in [5.74, 6) is -3.51. The van der Waals surface area contributed by atoms with Crippen molar-refractivity contribution in [1.29, 1.82) is 0 Å². The first-order chi connectivity index (χ1) is 16.1. The SMILES string of the molecule is Nc1[nH+]ccnc1C(=O)O.Nc1nccnc1C(=O)O.Nc1nccnc1C(=O)O.O.[O-][Cl+3]([O-])([O-])[O-]. The van der Waals surface area contributed by atoms with Crippen LogP contribution in [-0.2, 0) is 0 Å². The van der Waals surface area contributed by atoms with Crippen molar-refractivity contribution in [3.8, 4) is 0 Å². The summed E-state index contributed by atoms with van der Waals surface area (Å²) in [6.45, 7) is 0. The zero-order valence-corrected chi connectivity index (χ0v) is 18.3. The lowest BCUT2D eigenvalue weighted by atomic mass is 10.4. The number of anilines is 3. The Hall–Kier alpha value is -4.86. The molecule has 0 radical (unpaired) electrons. The molecule has 20 nitrogen and oxygen atoms in total. The maximum absolute atomic E-state index is 10.3. The fraction of sp³-hybridized carbons (Fsp3) is 0. The molecule has 12 N–H and O–H groups in total. The second kappa shape index (κ2) is 15.9. The highest BCUT2D eigenvalue weighted by atomic mass is 35.7. The number of H-pyrrole nitrogens is 1. The number of aromatic carboxylic acids is 3. The van der Waals surface area contributed by atoms with E-state index in [1.165, 1.54) is 37.2 Å². The van der Waals surface area contributed by atoms with Gasteiger partial charge in [-0.2, -0.15) is 0 Å². The zero-order chi connectivity index (χ0) is 27.2. The summed E-state index contributed by atoms with van der Waals surface area (Å²) in [6.07, 6.45) is 8.02. The van der Waals surface area contributed by atoms with E-state index >= 15 is 0 Å². The Bertz CT molecular complexity index is 1010. The Kier molecular flexibility index (Phi) is 14.7. The van der Waals surface area contributed by atoms with Crippen LogP contribution in [0.5, 0.6) is 0 Å². The number of nitrogens with one attached hydrogen (secondary N) is 1. The maximum Gasteiger partial charge on any atom is 0.363 e. The smallest absolute Gasteiger partial charge is 0.363 e. The summed E-state index contributed by atoms with van der Waals surface area (Å²) in [4.78, 5) is 50.8. The minimum Gasteiger partial charge on any atom is -0.476 e. The van der Waals surface area contributed by atoms with E-state index in [0.717, 1.165) is 0 Å². The number of nitrogen functional groups attached to an aromatic ring is 3. The van der Waals surface area contributed by atoms with Gasteiger partial charge in [-0.1, -0.05) is 0 Å². The van der Waals surface area contributed by atoms with Crippen LogP contribution < -0.4 is 40.8 Å². The van der Waals surface area contributed by atoms with Gasteiger partial charge in [0.1, 0.15) is 6.20 Å². The maximum atomic E-state index is 10.3. The molecule has 0 aliphatic heterocycles. The quantitative estimate of drug-likeness (QED) is 0.181. The highest BCUT2D eigenvalue weighted by Crippen LogP contribution is 2.01. The number of carboxylic acids is 3. The number of carboxylic acid groups (broad SMARTS) is 3. The molecule has 3 rings (SSSR count). The van der Waals surface area contributed by atoms with E-state index in [-0.39, 0.29) is 40.0 Å². The summed E-state index contributed by atoms with van der Waals surface area (Å²) in [5, 5.41) is 25.2. The molecule has 21 heteroatoms. The van der Waals surface area contributed by atoms with E-state index in [1.54, 1.807) is 0 Å². The third-order valence-corrected chi connectivity index (χ3v) is 2.83. The number of halogens is 1. The third kappa shape index (κ3) is 14.3. The van der Waals surface area contributed by atoms with Gasteiger partial charge in [-0.3, -0.25) is 5.73 Å². The standard InChI is InChI=1S/3C5H5N3O2.ClHO4.H2O/c3*6-4-3(5(9)10)7-1-2-8-4;2-1(3,4)5;/h3*1-2H,(H2,6,8)(H,9,10);(H,2,3,4,5);1H2. The van der Waals surface area contributed by atoms with Crippen LogP contribution in [0.3, 0.4) is 0 Å². The first-order valence-corrected chi connectivity index (χ1v) is 9.45. The molecule has 3 heterocycles. The van der Waals surface area contributed by atoms with Gasteiger partial charge in [-0.25, -0.2) is 62.9 Å². The van der Waals surface area contributed by atoms with Gasteiger partial charge in [0.15, 0.2) is 23.0 Å². The van der Waals surface area contributed by atoms with Crippen LogP contribution in [0.15, 0.2) is 37.2 Å². The van der Waals surface area contributed by atoms with Crippen LogP contribution in [0.25, 0.3) is 0 Å². The van der Waals surface area contributed by atoms with E-state index < -0.39 is 28.2 Å². The molecule has 0 fully saturated rings. The lowest BCUT2D eigenvalue weighted by molar-refractivity contribution is -2.00. The third-order valence-electron chi connectivity index (χ3n) is 2.83. The van der Waals surface area contributed by atoms with Crippen molar-refractivity contribution in [3.05, 3.63) is 54.3 Å². The molecule has 0 spiro atoms. The minimum atomic E-state index is -4.94. The van der Waals surface area contributed by atoms with Crippen LogP contribution in [0.4, 0.5) is 17.5 Å². The predicted octanol–water partition coefficient (Wildman–Crippen LogP) is -6.89. The molecule has 0 saturated heterocycles. The highest BCUT2D eigenvalue weighted by Gasteiger charge is 2.12. The molecule has 0 saturated carbocycles. The fourth-order valence-electron chi connectivity index (χ4n) is 1.57. The van der Waals surface area contributed by atoms with Crippen LogP contribution in [0.2, 0.25) is 0 Å². The minimum absolute atomic E-state index is 0. The number of hydrogen-bond acceptors (Lipinski definition) is 15. The molecule has 0 bridgehead atoms. The normalized spacial score (nSPS) is 9.33. The largest absolute Gasteiger partial charge is 0.476 e. The van der Waals surface area contributed by atoms with Gasteiger partial charge in [0.2, 0.25) is 5.69 Å². The van der Waals surface area contributed by atoms with E-state index in [2.05, 4.69) is 29.9 Å². The van der Waals surface area contributed by atoms with E-state index in [1.807, 2.05) is 0 Å². The summed E-state index contributed by atoms with van der Waals surface area (Å²) in [5.41, 5.74) is 15.0. The Labute approximate surface area is 201 Å². The van der Waals surface area contributed by atoms with Crippen LogP contribution in [0, 0.1) is 10.2 Å². The molecule has 3 aromatic heterocycles. The molecule has 0 aliphatic carbocycles. The average molecular weight is 536 g/mol. The van der Waals surface area contributed by atoms with Gasteiger partial charge in [0, 0.05) is 24.8 Å². The second-order valence-electron chi connectivity index (χ2n) is 5.23. The predicted molar refractivity (Wildman–Crippen MR) is 103 cm³/mol. The van der Waals surface area contributed by atoms with Crippen molar-refractivity contribution < 1.29 is 69.0 Å². The van der Waals surface area contributed by atoms with Crippen molar-refractivity contribution >= 4 is 35.4 Å². The molecule has 0 atom stereocenters. The van der Waals surface area contributed by atoms with Crippen molar-refractivity contribution in [2.75, 3.05) is 17.2 Å². The lowest BCUT2D eigenvalue weighted by Crippen LogP contribution is -2.68. The molecule has 0 amide bonds. The number of rotatable bonds is 3. The molecule has 3 aromatic rings. The van der Waals surface area contributed by atoms with Crippen molar-refractivity contribution in [3.63, 3.8) is 0 Å². The van der Waals surface area contributed by atoms with Gasteiger partial charge < -0.3 is 32.3 Å². The van der Waals surface area contributed by atoms with Gasteiger partial charge in [-0.15, -0.1) is 10.2 Å². The first kappa shape index (κ1) is 33.3. The summed E-state index contributed by atoms with van der Waals surface area (Å²) in [6, 6.07) is 0. The molecule has 196 valence electrons.